The highest BCUT2D eigenvalue weighted by atomic mass is 16.2. The summed E-state index contributed by atoms with van der Waals surface area (Å²) in [6.45, 7) is 7.15. The Morgan fingerprint density at radius 3 is 2.54 bits per heavy atom. The van der Waals surface area contributed by atoms with Crippen LogP contribution in [0.15, 0.2) is 54.6 Å². The van der Waals surface area contributed by atoms with Gasteiger partial charge in [-0.15, -0.1) is 0 Å². The van der Waals surface area contributed by atoms with Gasteiger partial charge in [-0.25, -0.2) is 4.98 Å². The van der Waals surface area contributed by atoms with Crippen molar-refractivity contribution >= 4 is 34.0 Å². The SMILES string of the molecule is CCN(CC)CC(=O)Nc1c2c(nc3ccccc13)N(c1ccccc1)CC2. The highest BCUT2D eigenvalue weighted by molar-refractivity contribution is 6.05. The van der Waals surface area contributed by atoms with E-state index < -0.39 is 0 Å². The summed E-state index contributed by atoms with van der Waals surface area (Å²) in [5.74, 6) is 0.975. The fourth-order valence-corrected chi connectivity index (χ4v) is 3.86. The second kappa shape index (κ2) is 7.98. The Morgan fingerprint density at radius 1 is 1.07 bits per heavy atom. The van der Waals surface area contributed by atoms with Gasteiger partial charge in [0.15, 0.2) is 0 Å². The van der Waals surface area contributed by atoms with Gasteiger partial charge < -0.3 is 10.2 Å². The fraction of sp³-hybridized carbons (Fsp3) is 0.304. The van der Waals surface area contributed by atoms with Crippen LogP contribution in [0.2, 0.25) is 0 Å². The minimum absolute atomic E-state index is 0.0282. The van der Waals surface area contributed by atoms with Crippen molar-refractivity contribution < 1.29 is 4.79 Å². The molecule has 1 aromatic heterocycles. The molecule has 0 radical (unpaired) electrons. The van der Waals surface area contributed by atoms with Crippen LogP contribution in [0.1, 0.15) is 19.4 Å². The van der Waals surface area contributed by atoms with Crippen molar-refractivity contribution in [3.63, 3.8) is 0 Å². The van der Waals surface area contributed by atoms with Crippen molar-refractivity contribution in [2.75, 3.05) is 36.4 Å². The molecule has 1 aliphatic heterocycles. The highest BCUT2D eigenvalue weighted by Gasteiger charge is 2.27. The van der Waals surface area contributed by atoms with Gasteiger partial charge in [0.2, 0.25) is 5.91 Å². The Morgan fingerprint density at radius 2 is 1.79 bits per heavy atom. The summed E-state index contributed by atoms with van der Waals surface area (Å²) in [6, 6.07) is 18.4. The number of nitrogens with one attached hydrogen (secondary N) is 1. The first-order valence-electron chi connectivity index (χ1n) is 9.97. The lowest BCUT2D eigenvalue weighted by Crippen LogP contribution is -2.33. The Labute approximate surface area is 166 Å². The topological polar surface area (TPSA) is 48.5 Å². The minimum Gasteiger partial charge on any atom is -0.326 e. The molecular weight excluding hydrogens is 348 g/mol. The summed E-state index contributed by atoms with van der Waals surface area (Å²) in [4.78, 5) is 22.0. The lowest BCUT2D eigenvalue weighted by molar-refractivity contribution is -0.117. The molecule has 0 bridgehead atoms. The number of nitrogens with zero attached hydrogens (tertiary/aromatic N) is 3. The van der Waals surface area contributed by atoms with Crippen LogP contribution in [-0.4, -0.2) is 42.0 Å². The van der Waals surface area contributed by atoms with E-state index in [1.807, 2.05) is 42.5 Å². The summed E-state index contributed by atoms with van der Waals surface area (Å²) < 4.78 is 0. The van der Waals surface area contributed by atoms with Crippen molar-refractivity contribution in [1.82, 2.24) is 9.88 Å². The van der Waals surface area contributed by atoms with Crippen molar-refractivity contribution in [2.24, 2.45) is 0 Å². The molecule has 2 aromatic carbocycles. The van der Waals surface area contributed by atoms with E-state index in [-0.39, 0.29) is 5.91 Å². The van der Waals surface area contributed by atoms with Crippen LogP contribution in [0.25, 0.3) is 10.9 Å². The summed E-state index contributed by atoms with van der Waals surface area (Å²) in [6.07, 6.45) is 0.864. The zero-order chi connectivity index (χ0) is 19.5. The third kappa shape index (κ3) is 3.45. The van der Waals surface area contributed by atoms with E-state index >= 15 is 0 Å². The van der Waals surface area contributed by atoms with Gasteiger partial charge in [-0.1, -0.05) is 50.2 Å². The van der Waals surface area contributed by atoms with E-state index in [4.69, 9.17) is 4.98 Å². The summed E-state index contributed by atoms with van der Waals surface area (Å²) in [7, 11) is 0. The summed E-state index contributed by atoms with van der Waals surface area (Å²) >= 11 is 0. The van der Waals surface area contributed by atoms with Crippen LogP contribution in [0.3, 0.4) is 0 Å². The number of hydrogen-bond donors (Lipinski definition) is 1. The molecule has 1 amide bonds. The van der Waals surface area contributed by atoms with Crippen LogP contribution in [0.5, 0.6) is 0 Å². The Kier molecular flexibility index (Phi) is 5.26. The predicted octanol–water partition coefficient (Wildman–Crippen LogP) is 4.21. The quantitative estimate of drug-likeness (QED) is 0.702. The number of carbonyl (C=O) groups is 1. The number of amides is 1. The van der Waals surface area contributed by atoms with Gasteiger partial charge in [0, 0.05) is 23.2 Å². The van der Waals surface area contributed by atoms with Crippen LogP contribution in [0, 0.1) is 0 Å². The first-order valence-corrected chi connectivity index (χ1v) is 9.97. The number of para-hydroxylation sites is 2. The molecule has 1 N–H and O–H groups in total. The first-order chi connectivity index (χ1) is 13.7. The second-order valence-corrected chi connectivity index (χ2v) is 7.05. The van der Waals surface area contributed by atoms with Gasteiger partial charge in [0.05, 0.1) is 17.7 Å². The van der Waals surface area contributed by atoms with E-state index in [9.17, 15) is 4.79 Å². The Bertz CT molecular complexity index is 983. The van der Waals surface area contributed by atoms with Crippen LogP contribution in [-0.2, 0) is 11.2 Å². The van der Waals surface area contributed by atoms with Crippen molar-refractivity contribution in [3.05, 3.63) is 60.2 Å². The van der Waals surface area contributed by atoms with E-state index in [1.165, 1.54) is 0 Å². The van der Waals surface area contributed by atoms with E-state index in [0.717, 1.165) is 59.7 Å². The minimum atomic E-state index is 0.0282. The molecule has 4 rings (SSSR count). The van der Waals surface area contributed by atoms with Crippen molar-refractivity contribution in [2.45, 2.75) is 20.3 Å². The molecule has 0 spiro atoms. The normalized spacial score (nSPS) is 13.2. The molecule has 0 unspecified atom stereocenters. The smallest absolute Gasteiger partial charge is 0.238 e. The third-order valence-corrected chi connectivity index (χ3v) is 5.41. The molecule has 1 aliphatic rings. The number of likely N-dealkylation sites (N-methyl/N-ethyl adjacent to an activating group) is 1. The molecule has 0 fully saturated rings. The molecule has 3 aromatic rings. The van der Waals surface area contributed by atoms with Crippen molar-refractivity contribution in [3.8, 4) is 0 Å². The molecule has 144 valence electrons. The fourth-order valence-electron chi connectivity index (χ4n) is 3.86. The molecule has 28 heavy (non-hydrogen) atoms. The number of benzene rings is 2. The van der Waals surface area contributed by atoms with Gasteiger partial charge in [-0.05, 0) is 37.7 Å². The van der Waals surface area contributed by atoms with E-state index in [1.54, 1.807) is 0 Å². The number of fused-ring (bicyclic) bond motifs is 2. The average Bonchev–Trinajstić information content (AvgIpc) is 3.16. The zero-order valence-electron chi connectivity index (χ0n) is 16.5. The second-order valence-electron chi connectivity index (χ2n) is 7.05. The number of pyridine rings is 1. The molecule has 2 heterocycles. The van der Waals surface area contributed by atoms with Crippen molar-refractivity contribution in [1.29, 1.82) is 0 Å². The number of anilines is 3. The molecule has 0 saturated heterocycles. The third-order valence-electron chi connectivity index (χ3n) is 5.41. The molecule has 0 saturated carbocycles. The van der Waals surface area contributed by atoms with E-state index in [2.05, 4.69) is 41.1 Å². The van der Waals surface area contributed by atoms with Crippen LogP contribution >= 0.6 is 0 Å². The zero-order valence-corrected chi connectivity index (χ0v) is 16.5. The van der Waals surface area contributed by atoms with Gasteiger partial charge in [-0.3, -0.25) is 9.69 Å². The monoisotopic (exact) mass is 374 g/mol. The van der Waals surface area contributed by atoms with Gasteiger partial charge >= 0.3 is 0 Å². The van der Waals surface area contributed by atoms with Crippen LogP contribution in [0.4, 0.5) is 17.2 Å². The maximum atomic E-state index is 12.7. The largest absolute Gasteiger partial charge is 0.326 e. The predicted molar refractivity (Wildman–Crippen MR) is 115 cm³/mol. The average molecular weight is 374 g/mol. The molecule has 0 aliphatic carbocycles. The number of carbonyl (C=O) groups excluding carboxylic acids is 1. The molecule has 0 atom stereocenters. The lowest BCUT2D eigenvalue weighted by atomic mass is 10.1. The maximum absolute atomic E-state index is 12.7. The summed E-state index contributed by atoms with van der Waals surface area (Å²) in [5.41, 5.74) is 4.07. The first kappa shape index (κ1) is 18.4. The van der Waals surface area contributed by atoms with Crippen LogP contribution < -0.4 is 10.2 Å². The molecule has 5 nitrogen and oxygen atoms in total. The molecular formula is C23H26N4O. The number of hydrogen-bond acceptors (Lipinski definition) is 4. The lowest BCUT2D eigenvalue weighted by Gasteiger charge is -2.21. The summed E-state index contributed by atoms with van der Waals surface area (Å²) in [5, 5.41) is 4.21. The van der Waals surface area contributed by atoms with E-state index in [0.29, 0.717) is 6.54 Å². The van der Waals surface area contributed by atoms with Gasteiger partial charge in [-0.2, -0.15) is 0 Å². The number of rotatable bonds is 6. The standard InChI is InChI=1S/C23H26N4O/c1-3-26(4-2)16-21(28)25-22-18-12-8-9-13-20(18)24-23-19(22)14-15-27(23)17-10-6-5-7-11-17/h5-13H,3-4,14-16H2,1-2H3,(H,24,25,28). The van der Waals surface area contributed by atoms with Gasteiger partial charge in [0.25, 0.3) is 0 Å². The highest BCUT2D eigenvalue weighted by Crippen LogP contribution is 2.40. The van der Waals surface area contributed by atoms with Gasteiger partial charge in [0.1, 0.15) is 5.82 Å². The number of aromatic nitrogens is 1. The molecule has 5 heteroatoms. The maximum Gasteiger partial charge on any atom is 0.238 e. The Hall–Kier alpha value is -2.92. The Balaban J connectivity index is 1.75.